The first kappa shape index (κ1) is 8.60. The Morgan fingerprint density at radius 3 is 2.83 bits per heavy atom. The summed E-state index contributed by atoms with van der Waals surface area (Å²) in [4.78, 5) is 2.36. The van der Waals surface area contributed by atoms with E-state index in [1.807, 2.05) is 12.1 Å². The molecule has 2 rings (SSSR count). The van der Waals surface area contributed by atoms with Crippen molar-refractivity contribution >= 4 is 50.0 Å². The summed E-state index contributed by atoms with van der Waals surface area (Å²) in [5.41, 5.74) is 0. The van der Waals surface area contributed by atoms with Crippen LogP contribution in [0, 0.1) is 6.92 Å². The lowest BCUT2D eigenvalue weighted by molar-refractivity contribution is 1.54. The van der Waals surface area contributed by atoms with Crippen molar-refractivity contribution < 1.29 is 0 Å². The van der Waals surface area contributed by atoms with Crippen molar-refractivity contribution in [3.63, 3.8) is 0 Å². The Morgan fingerprint density at radius 2 is 2.17 bits per heavy atom. The minimum absolute atomic E-state index is 1.05. The molecule has 0 amide bonds. The van der Waals surface area contributed by atoms with Crippen LogP contribution in [-0.2, 0) is 0 Å². The third kappa shape index (κ3) is 1.20. The van der Waals surface area contributed by atoms with Crippen molar-refractivity contribution in [1.82, 2.24) is 0 Å². The molecule has 0 saturated heterocycles. The largest absolute Gasteiger partial charge is 0.143 e. The summed E-state index contributed by atoms with van der Waals surface area (Å²) in [6.07, 6.45) is 0. The van der Waals surface area contributed by atoms with E-state index in [1.165, 1.54) is 19.4 Å². The van der Waals surface area contributed by atoms with E-state index in [2.05, 4.69) is 41.5 Å². The highest BCUT2D eigenvalue weighted by molar-refractivity contribution is 9.10. The summed E-state index contributed by atoms with van der Waals surface area (Å²) in [5, 5.41) is 1.24. The van der Waals surface area contributed by atoms with Gasteiger partial charge in [-0.1, -0.05) is 6.07 Å². The van der Waals surface area contributed by atoms with E-state index in [0.29, 0.717) is 0 Å². The molecule has 1 aromatic carbocycles. The molecule has 0 aliphatic heterocycles. The lowest BCUT2D eigenvalue weighted by Gasteiger charge is -1.94. The summed E-state index contributed by atoms with van der Waals surface area (Å²) in [6.45, 7) is 2.11. The molecule has 1 aromatic heterocycles. The number of rotatable bonds is 0. The molecule has 1 heterocycles. The molecule has 0 nitrogen and oxygen atoms in total. The van der Waals surface area contributed by atoms with Crippen LogP contribution in [0.3, 0.4) is 0 Å². The zero-order chi connectivity index (χ0) is 8.72. The maximum Gasteiger partial charge on any atom is 0.0401 e. The molecule has 0 atom stereocenters. The molecule has 0 fully saturated rings. The molecule has 0 unspecified atom stereocenters. The van der Waals surface area contributed by atoms with Gasteiger partial charge in [0.25, 0.3) is 0 Å². The predicted molar refractivity (Wildman–Crippen MR) is 61.5 cm³/mol. The van der Waals surface area contributed by atoms with Gasteiger partial charge in [-0.3, -0.25) is 0 Å². The first-order chi connectivity index (χ1) is 5.70. The maximum atomic E-state index is 4.41. The van der Waals surface area contributed by atoms with Gasteiger partial charge in [0.1, 0.15) is 0 Å². The van der Waals surface area contributed by atoms with E-state index in [9.17, 15) is 0 Å². The first-order valence-corrected chi connectivity index (χ1v) is 5.62. The molecule has 0 aliphatic carbocycles. The molecule has 0 saturated carbocycles. The SMILES string of the molecule is Cc1sc2cccc(S)c2c1Br. The molecule has 0 N–H and O–H groups in total. The van der Waals surface area contributed by atoms with Crippen molar-refractivity contribution in [3.05, 3.63) is 27.5 Å². The van der Waals surface area contributed by atoms with Crippen molar-refractivity contribution in [3.8, 4) is 0 Å². The Balaban J connectivity index is 2.97. The molecular weight excluding hydrogens is 252 g/mol. The van der Waals surface area contributed by atoms with Crippen LogP contribution < -0.4 is 0 Å². The van der Waals surface area contributed by atoms with Gasteiger partial charge in [-0.25, -0.2) is 0 Å². The van der Waals surface area contributed by atoms with Gasteiger partial charge < -0.3 is 0 Å². The van der Waals surface area contributed by atoms with Crippen LogP contribution in [0.5, 0.6) is 0 Å². The Morgan fingerprint density at radius 1 is 1.42 bits per heavy atom. The lowest BCUT2D eigenvalue weighted by atomic mass is 10.2. The fourth-order valence-electron chi connectivity index (χ4n) is 1.21. The van der Waals surface area contributed by atoms with Crippen LogP contribution in [0.1, 0.15) is 4.88 Å². The fraction of sp³-hybridized carbons (Fsp3) is 0.111. The van der Waals surface area contributed by atoms with E-state index in [-0.39, 0.29) is 0 Å². The summed E-state index contributed by atoms with van der Waals surface area (Å²) < 4.78 is 2.49. The minimum Gasteiger partial charge on any atom is -0.143 e. The zero-order valence-corrected chi connectivity index (χ0v) is 9.76. The van der Waals surface area contributed by atoms with E-state index in [0.717, 1.165) is 4.90 Å². The zero-order valence-electron chi connectivity index (χ0n) is 6.47. The smallest absolute Gasteiger partial charge is 0.0401 e. The quantitative estimate of drug-likeness (QED) is 0.671. The fourth-order valence-corrected chi connectivity index (χ4v) is 3.54. The second-order valence-electron chi connectivity index (χ2n) is 2.62. The number of thiophene rings is 1. The monoisotopic (exact) mass is 258 g/mol. The van der Waals surface area contributed by atoms with Crippen LogP contribution >= 0.6 is 39.9 Å². The first-order valence-electron chi connectivity index (χ1n) is 3.56. The Labute approximate surface area is 89.1 Å². The Bertz CT molecular complexity index is 431. The number of hydrogen-bond donors (Lipinski definition) is 1. The number of hydrogen-bond acceptors (Lipinski definition) is 2. The molecule has 62 valence electrons. The molecule has 0 spiro atoms. The molecule has 0 radical (unpaired) electrons. The topological polar surface area (TPSA) is 0 Å². The van der Waals surface area contributed by atoms with Crippen LogP contribution in [0.15, 0.2) is 27.6 Å². The van der Waals surface area contributed by atoms with Crippen molar-refractivity contribution in [1.29, 1.82) is 0 Å². The summed E-state index contributed by atoms with van der Waals surface area (Å²) >= 11 is 9.77. The minimum atomic E-state index is 1.05. The van der Waals surface area contributed by atoms with Crippen molar-refractivity contribution in [2.45, 2.75) is 11.8 Å². The molecule has 2 aromatic rings. The van der Waals surface area contributed by atoms with Gasteiger partial charge in [-0.05, 0) is 35.0 Å². The normalized spacial score (nSPS) is 10.9. The number of aryl methyl sites for hydroxylation is 1. The third-order valence-electron chi connectivity index (χ3n) is 1.80. The van der Waals surface area contributed by atoms with E-state index in [4.69, 9.17) is 0 Å². The number of halogens is 1. The molecule has 0 aliphatic rings. The van der Waals surface area contributed by atoms with E-state index < -0.39 is 0 Å². The van der Waals surface area contributed by atoms with Gasteiger partial charge in [0.05, 0.1) is 0 Å². The van der Waals surface area contributed by atoms with Crippen LogP contribution in [0.2, 0.25) is 0 Å². The van der Waals surface area contributed by atoms with Gasteiger partial charge in [0.15, 0.2) is 0 Å². The predicted octanol–water partition coefficient (Wildman–Crippen LogP) is 4.26. The van der Waals surface area contributed by atoms with E-state index >= 15 is 0 Å². The summed E-state index contributed by atoms with van der Waals surface area (Å²) in [5.74, 6) is 0. The lowest BCUT2D eigenvalue weighted by Crippen LogP contribution is -1.68. The second kappa shape index (κ2) is 3.05. The number of benzene rings is 1. The van der Waals surface area contributed by atoms with E-state index in [1.54, 1.807) is 11.3 Å². The third-order valence-corrected chi connectivity index (χ3v) is 4.49. The highest BCUT2D eigenvalue weighted by Gasteiger charge is 2.07. The van der Waals surface area contributed by atoms with Crippen LogP contribution in [-0.4, -0.2) is 0 Å². The molecule has 12 heavy (non-hydrogen) atoms. The van der Waals surface area contributed by atoms with Crippen molar-refractivity contribution in [2.75, 3.05) is 0 Å². The average Bonchev–Trinajstić information content (AvgIpc) is 2.29. The highest BCUT2D eigenvalue weighted by atomic mass is 79.9. The molecular formula is C9H7BrS2. The summed E-state index contributed by atoms with van der Waals surface area (Å²) in [6, 6.07) is 6.17. The Hall–Kier alpha value is 0.01000. The van der Waals surface area contributed by atoms with Crippen LogP contribution in [0.25, 0.3) is 10.1 Å². The van der Waals surface area contributed by atoms with Gasteiger partial charge in [0.2, 0.25) is 0 Å². The maximum absolute atomic E-state index is 4.41. The standard InChI is InChI=1S/C9H7BrS2/c1-5-9(10)8-6(11)3-2-4-7(8)12-5/h2-4,11H,1H3. The molecule has 0 bridgehead atoms. The summed E-state index contributed by atoms with van der Waals surface area (Å²) in [7, 11) is 0. The second-order valence-corrected chi connectivity index (χ2v) is 5.15. The van der Waals surface area contributed by atoms with Gasteiger partial charge >= 0.3 is 0 Å². The average molecular weight is 259 g/mol. The Kier molecular flexibility index (Phi) is 2.19. The number of thiol groups is 1. The highest BCUT2D eigenvalue weighted by Crippen LogP contribution is 2.38. The van der Waals surface area contributed by atoms with Gasteiger partial charge in [0, 0.05) is 24.3 Å². The number of fused-ring (bicyclic) bond motifs is 1. The molecule has 3 heteroatoms. The van der Waals surface area contributed by atoms with Crippen LogP contribution in [0.4, 0.5) is 0 Å². The van der Waals surface area contributed by atoms with Gasteiger partial charge in [-0.2, -0.15) is 0 Å². The van der Waals surface area contributed by atoms with Gasteiger partial charge in [-0.15, -0.1) is 24.0 Å². The van der Waals surface area contributed by atoms with Crippen molar-refractivity contribution in [2.24, 2.45) is 0 Å².